The zero-order valence-corrected chi connectivity index (χ0v) is 14.3. The van der Waals surface area contributed by atoms with E-state index in [1.165, 1.54) is 38.5 Å². The number of carbonyl (C=O) groups is 1. The van der Waals surface area contributed by atoms with Gasteiger partial charge < -0.3 is 9.72 Å². The van der Waals surface area contributed by atoms with Crippen molar-refractivity contribution in [1.29, 1.82) is 0 Å². The number of hydrogen-bond donors (Lipinski definition) is 1. The number of pyridine rings is 1. The predicted molar refractivity (Wildman–Crippen MR) is 92.9 cm³/mol. The van der Waals surface area contributed by atoms with Crippen LogP contribution in [0.2, 0.25) is 0 Å². The summed E-state index contributed by atoms with van der Waals surface area (Å²) in [5, 5.41) is 3.22. The van der Waals surface area contributed by atoms with Gasteiger partial charge in [0, 0.05) is 18.4 Å². The van der Waals surface area contributed by atoms with E-state index in [-0.39, 0.29) is 5.91 Å². The number of carbonyl (C=O) groups excluding carboxylic acids is 1. The van der Waals surface area contributed by atoms with E-state index in [1.807, 2.05) is 35.7 Å². The lowest BCUT2D eigenvalue weighted by Gasteiger charge is -2.56. The van der Waals surface area contributed by atoms with Crippen LogP contribution in [0.25, 0.3) is 5.65 Å². The van der Waals surface area contributed by atoms with Gasteiger partial charge in [0.2, 0.25) is 0 Å². The zero-order valence-electron chi connectivity index (χ0n) is 14.3. The van der Waals surface area contributed by atoms with Crippen molar-refractivity contribution in [2.45, 2.75) is 45.4 Å². The summed E-state index contributed by atoms with van der Waals surface area (Å²) >= 11 is 0. The van der Waals surface area contributed by atoms with E-state index in [2.05, 4.69) is 10.3 Å². The standard InChI is InChI=1S/C20H25N3O/c1-13-3-2-4-18-22-17(11-23(13)18)19(24)21-12-20-8-14-5-15(9-20)7-16(6-14)10-20/h2-4,11,14-16H,5-10,12H2,1H3,(H,21,24). The maximum absolute atomic E-state index is 12.6. The van der Waals surface area contributed by atoms with E-state index in [0.29, 0.717) is 11.1 Å². The van der Waals surface area contributed by atoms with Crippen molar-refractivity contribution < 1.29 is 4.79 Å². The van der Waals surface area contributed by atoms with Crippen LogP contribution in [-0.2, 0) is 0 Å². The lowest BCUT2D eigenvalue weighted by molar-refractivity contribution is -0.0503. The Hall–Kier alpha value is -1.84. The van der Waals surface area contributed by atoms with Crippen LogP contribution in [0.3, 0.4) is 0 Å². The van der Waals surface area contributed by atoms with Gasteiger partial charge >= 0.3 is 0 Å². The Morgan fingerprint density at radius 3 is 2.50 bits per heavy atom. The Labute approximate surface area is 142 Å². The van der Waals surface area contributed by atoms with E-state index >= 15 is 0 Å². The van der Waals surface area contributed by atoms with Crippen LogP contribution in [0.4, 0.5) is 0 Å². The molecule has 0 atom stereocenters. The van der Waals surface area contributed by atoms with Crippen LogP contribution >= 0.6 is 0 Å². The number of aromatic nitrogens is 2. The van der Waals surface area contributed by atoms with Crippen molar-refractivity contribution >= 4 is 11.6 Å². The predicted octanol–water partition coefficient (Wildman–Crippen LogP) is 3.59. The van der Waals surface area contributed by atoms with Gasteiger partial charge in [-0.25, -0.2) is 4.98 Å². The molecule has 1 N–H and O–H groups in total. The highest BCUT2D eigenvalue weighted by atomic mass is 16.1. The fraction of sp³-hybridized carbons (Fsp3) is 0.600. The van der Waals surface area contributed by atoms with Crippen LogP contribution in [0, 0.1) is 30.1 Å². The third-order valence-electron chi connectivity index (χ3n) is 6.72. The van der Waals surface area contributed by atoms with Gasteiger partial charge in [-0.3, -0.25) is 4.79 Å². The van der Waals surface area contributed by atoms with Crippen LogP contribution in [0.1, 0.15) is 54.7 Å². The molecule has 4 fully saturated rings. The molecule has 0 aliphatic heterocycles. The number of rotatable bonds is 3. The van der Waals surface area contributed by atoms with Gasteiger partial charge in [0.05, 0.1) is 0 Å². The quantitative estimate of drug-likeness (QED) is 0.938. The third-order valence-corrected chi connectivity index (χ3v) is 6.72. The molecular formula is C20H25N3O. The van der Waals surface area contributed by atoms with Crippen LogP contribution in [-0.4, -0.2) is 21.8 Å². The molecule has 0 radical (unpaired) electrons. The number of nitrogens with one attached hydrogen (secondary N) is 1. The first-order valence-corrected chi connectivity index (χ1v) is 9.33. The Balaban J connectivity index is 1.32. The molecule has 24 heavy (non-hydrogen) atoms. The van der Waals surface area contributed by atoms with E-state index in [4.69, 9.17) is 0 Å². The maximum Gasteiger partial charge on any atom is 0.271 e. The summed E-state index contributed by atoms with van der Waals surface area (Å²) in [5.74, 6) is 2.75. The van der Waals surface area contributed by atoms with Gasteiger partial charge in [0.15, 0.2) is 0 Å². The number of amides is 1. The second-order valence-corrected chi connectivity index (χ2v) is 8.62. The summed E-state index contributed by atoms with van der Waals surface area (Å²) in [5.41, 5.74) is 2.85. The molecule has 4 aliphatic carbocycles. The van der Waals surface area contributed by atoms with Crippen LogP contribution in [0.15, 0.2) is 24.4 Å². The third kappa shape index (κ3) is 2.27. The molecule has 4 bridgehead atoms. The number of imidazole rings is 1. The van der Waals surface area contributed by atoms with E-state index in [0.717, 1.165) is 35.6 Å². The molecular weight excluding hydrogens is 298 g/mol. The average molecular weight is 323 g/mol. The highest BCUT2D eigenvalue weighted by Gasteiger charge is 2.50. The van der Waals surface area contributed by atoms with Crippen LogP contribution < -0.4 is 5.32 Å². The molecule has 4 heteroatoms. The first-order chi connectivity index (χ1) is 11.6. The van der Waals surface area contributed by atoms with Gasteiger partial charge in [0.25, 0.3) is 5.91 Å². The van der Waals surface area contributed by atoms with Crippen molar-refractivity contribution in [3.63, 3.8) is 0 Å². The SMILES string of the molecule is Cc1cccc2nc(C(=O)NCC34CC5CC(CC(C5)C3)C4)cn12. The molecule has 126 valence electrons. The van der Waals surface area contributed by atoms with E-state index < -0.39 is 0 Å². The minimum Gasteiger partial charge on any atom is -0.350 e. The summed E-state index contributed by atoms with van der Waals surface area (Å²) in [7, 11) is 0. The monoisotopic (exact) mass is 323 g/mol. The molecule has 0 unspecified atom stereocenters. The summed E-state index contributed by atoms with van der Waals surface area (Å²) in [6.07, 6.45) is 10.2. The average Bonchev–Trinajstić information content (AvgIpc) is 2.97. The fourth-order valence-corrected chi connectivity index (χ4v) is 6.12. The minimum atomic E-state index is -0.0196. The van der Waals surface area contributed by atoms with Gasteiger partial charge in [0.1, 0.15) is 11.3 Å². The highest BCUT2D eigenvalue weighted by Crippen LogP contribution is 2.59. The molecule has 0 aromatic carbocycles. The summed E-state index contributed by atoms with van der Waals surface area (Å²) in [4.78, 5) is 17.1. The van der Waals surface area contributed by atoms with Crippen molar-refractivity contribution in [3.8, 4) is 0 Å². The number of aryl methyl sites for hydroxylation is 1. The summed E-state index contributed by atoms with van der Waals surface area (Å²) < 4.78 is 1.99. The molecule has 1 amide bonds. The molecule has 4 saturated carbocycles. The Morgan fingerprint density at radius 1 is 1.21 bits per heavy atom. The smallest absolute Gasteiger partial charge is 0.271 e. The Morgan fingerprint density at radius 2 is 1.88 bits per heavy atom. The molecule has 0 saturated heterocycles. The molecule has 6 rings (SSSR count). The molecule has 2 aromatic rings. The lowest BCUT2D eigenvalue weighted by Crippen LogP contribution is -2.51. The zero-order chi connectivity index (χ0) is 16.3. The second-order valence-electron chi connectivity index (χ2n) is 8.62. The largest absolute Gasteiger partial charge is 0.350 e. The van der Waals surface area contributed by atoms with Crippen LogP contribution in [0.5, 0.6) is 0 Å². The normalized spacial score (nSPS) is 34.0. The van der Waals surface area contributed by atoms with Gasteiger partial charge in [-0.05, 0) is 80.8 Å². The molecule has 2 aromatic heterocycles. The van der Waals surface area contributed by atoms with E-state index in [9.17, 15) is 4.79 Å². The molecule has 4 aliphatic rings. The fourth-order valence-electron chi connectivity index (χ4n) is 6.12. The number of fused-ring (bicyclic) bond motifs is 1. The van der Waals surface area contributed by atoms with Crippen molar-refractivity contribution in [3.05, 3.63) is 35.8 Å². The summed E-state index contributed by atoms with van der Waals surface area (Å²) in [6, 6.07) is 5.96. The van der Waals surface area contributed by atoms with Gasteiger partial charge in [-0.2, -0.15) is 0 Å². The van der Waals surface area contributed by atoms with Gasteiger partial charge in [-0.1, -0.05) is 6.07 Å². The maximum atomic E-state index is 12.6. The van der Waals surface area contributed by atoms with Gasteiger partial charge in [-0.15, -0.1) is 0 Å². The lowest BCUT2D eigenvalue weighted by atomic mass is 9.49. The van der Waals surface area contributed by atoms with E-state index in [1.54, 1.807) is 0 Å². The Bertz CT molecular complexity index is 771. The number of nitrogens with zero attached hydrogens (tertiary/aromatic N) is 2. The first-order valence-electron chi connectivity index (χ1n) is 9.33. The topological polar surface area (TPSA) is 46.4 Å². The second kappa shape index (κ2) is 5.08. The minimum absolute atomic E-state index is 0.0196. The summed E-state index contributed by atoms with van der Waals surface area (Å²) in [6.45, 7) is 2.87. The molecule has 2 heterocycles. The highest BCUT2D eigenvalue weighted by molar-refractivity contribution is 5.92. The number of hydrogen-bond acceptors (Lipinski definition) is 2. The Kier molecular flexibility index (Phi) is 3.07. The van der Waals surface area contributed by atoms with Crippen molar-refractivity contribution in [2.75, 3.05) is 6.54 Å². The van der Waals surface area contributed by atoms with Crippen molar-refractivity contribution in [1.82, 2.24) is 14.7 Å². The first kappa shape index (κ1) is 14.5. The molecule has 0 spiro atoms. The molecule has 4 nitrogen and oxygen atoms in total. The van der Waals surface area contributed by atoms with Crippen molar-refractivity contribution in [2.24, 2.45) is 23.2 Å².